The first-order valence-electron chi connectivity index (χ1n) is 6.00. The van der Waals surface area contributed by atoms with Gasteiger partial charge in [0.05, 0.1) is 6.26 Å². The zero-order valence-corrected chi connectivity index (χ0v) is 13.7. The molecule has 0 bridgehead atoms. The number of halogens is 3. The molecule has 1 aromatic carbocycles. The molecule has 0 unspecified atom stereocenters. The van der Waals surface area contributed by atoms with E-state index in [0.717, 1.165) is 24.3 Å². The van der Waals surface area contributed by atoms with Gasteiger partial charge in [0.15, 0.2) is 5.71 Å². The van der Waals surface area contributed by atoms with E-state index >= 15 is 0 Å². The Labute approximate surface area is 135 Å². The quantitative estimate of drug-likeness (QED) is 0.421. The van der Waals surface area contributed by atoms with Crippen LogP contribution < -0.4 is 4.74 Å². The molecule has 8 nitrogen and oxygen atoms in total. The van der Waals surface area contributed by atoms with Crippen LogP contribution in [0.2, 0.25) is 0 Å². The lowest BCUT2D eigenvalue weighted by atomic mass is 10.1. The summed E-state index contributed by atoms with van der Waals surface area (Å²) < 4.78 is 98.4. The maximum Gasteiger partial charge on any atom is 0.437 e. The zero-order valence-electron chi connectivity index (χ0n) is 12.0. The lowest BCUT2D eigenvalue weighted by Crippen LogP contribution is -2.25. The first-order valence-corrected chi connectivity index (χ1v) is 9.43. The van der Waals surface area contributed by atoms with Gasteiger partial charge in [-0.25, -0.2) is 0 Å². The fourth-order valence-corrected chi connectivity index (χ4v) is 1.85. The second-order valence-corrected chi connectivity index (χ2v) is 7.50. The van der Waals surface area contributed by atoms with Crippen LogP contribution in [0, 0.1) is 0 Å². The van der Waals surface area contributed by atoms with E-state index in [1.54, 1.807) is 0 Å². The average molecular weight is 391 g/mol. The summed E-state index contributed by atoms with van der Waals surface area (Å²) in [6.45, 7) is -0.407. The normalized spacial score (nSPS) is 13.6. The highest BCUT2D eigenvalue weighted by Gasteiger charge is 2.38. The average Bonchev–Trinajstić information content (AvgIpc) is 2.36. The van der Waals surface area contributed by atoms with Crippen LogP contribution in [0.5, 0.6) is 5.75 Å². The zero-order chi connectivity index (χ0) is 18.6. The standard InChI is InChI=1S/C11H12F3NO7S2/c1-23(16,17)22-15-10(11(12,13)14)8-2-4-9(5-3-8)21-6-7-24(18,19)20/h2-5H,6-7H2,1H3,(H,18,19,20). The smallest absolute Gasteiger partial charge is 0.437 e. The van der Waals surface area contributed by atoms with E-state index < -0.39 is 50.0 Å². The number of hydrogen-bond donors (Lipinski definition) is 1. The minimum Gasteiger partial charge on any atom is -0.492 e. The number of ether oxygens (including phenoxy) is 1. The Kier molecular flexibility index (Phi) is 6.19. The molecule has 0 saturated heterocycles. The molecule has 0 aliphatic heterocycles. The maximum absolute atomic E-state index is 12.9. The van der Waals surface area contributed by atoms with Crippen LogP contribution in [0.4, 0.5) is 13.2 Å². The second-order valence-electron chi connectivity index (χ2n) is 4.38. The summed E-state index contributed by atoms with van der Waals surface area (Å²) in [4.78, 5) is 0. The molecular formula is C11H12F3NO7S2. The van der Waals surface area contributed by atoms with Crippen molar-refractivity contribution in [1.29, 1.82) is 0 Å². The summed E-state index contributed by atoms with van der Waals surface area (Å²) in [6, 6.07) is 4.03. The van der Waals surface area contributed by atoms with Crippen LogP contribution >= 0.6 is 0 Å². The molecule has 0 fully saturated rings. The highest BCUT2D eigenvalue weighted by molar-refractivity contribution is 7.86. The summed E-state index contributed by atoms with van der Waals surface area (Å²) >= 11 is 0. The van der Waals surface area contributed by atoms with Gasteiger partial charge in [-0.3, -0.25) is 8.84 Å². The Morgan fingerprint density at radius 3 is 2.12 bits per heavy atom. The van der Waals surface area contributed by atoms with E-state index in [-0.39, 0.29) is 5.75 Å². The molecule has 0 spiro atoms. The molecule has 1 N–H and O–H groups in total. The molecular weight excluding hydrogens is 379 g/mol. The van der Waals surface area contributed by atoms with E-state index in [0.29, 0.717) is 6.26 Å². The lowest BCUT2D eigenvalue weighted by Gasteiger charge is -2.11. The fourth-order valence-electron chi connectivity index (χ4n) is 1.35. The van der Waals surface area contributed by atoms with Crippen LogP contribution in [0.3, 0.4) is 0 Å². The van der Waals surface area contributed by atoms with Crippen molar-refractivity contribution in [2.45, 2.75) is 6.18 Å². The molecule has 0 radical (unpaired) electrons. The van der Waals surface area contributed by atoms with Gasteiger partial charge in [0, 0.05) is 5.56 Å². The molecule has 0 aliphatic rings. The molecule has 0 amide bonds. The fraction of sp³-hybridized carbons (Fsp3) is 0.364. The predicted molar refractivity (Wildman–Crippen MR) is 76.9 cm³/mol. The Balaban J connectivity index is 2.94. The topological polar surface area (TPSA) is 119 Å². The number of oxime groups is 1. The van der Waals surface area contributed by atoms with Gasteiger partial charge in [-0.1, -0.05) is 5.16 Å². The molecule has 13 heteroatoms. The second kappa shape index (κ2) is 7.36. The van der Waals surface area contributed by atoms with Crippen molar-refractivity contribution in [2.75, 3.05) is 18.6 Å². The summed E-state index contributed by atoms with van der Waals surface area (Å²) in [5.41, 5.74) is -2.06. The van der Waals surface area contributed by atoms with Gasteiger partial charge in [0.1, 0.15) is 18.1 Å². The third-order valence-corrected chi connectivity index (χ3v) is 3.30. The molecule has 136 valence electrons. The molecule has 24 heavy (non-hydrogen) atoms. The molecule has 0 aromatic heterocycles. The first kappa shape index (κ1) is 20.2. The van der Waals surface area contributed by atoms with Gasteiger partial charge in [-0.2, -0.15) is 30.0 Å². The highest BCUT2D eigenvalue weighted by atomic mass is 32.2. The monoisotopic (exact) mass is 391 g/mol. The van der Waals surface area contributed by atoms with Gasteiger partial charge >= 0.3 is 16.3 Å². The van der Waals surface area contributed by atoms with E-state index in [2.05, 4.69) is 9.44 Å². The predicted octanol–water partition coefficient (Wildman–Crippen LogP) is 1.20. The van der Waals surface area contributed by atoms with E-state index in [4.69, 9.17) is 9.29 Å². The van der Waals surface area contributed by atoms with Crippen LogP contribution in [-0.4, -0.2) is 51.9 Å². The Morgan fingerprint density at radius 1 is 1.17 bits per heavy atom. The van der Waals surface area contributed by atoms with Gasteiger partial charge in [-0.05, 0) is 24.3 Å². The van der Waals surface area contributed by atoms with E-state index in [1.807, 2.05) is 0 Å². The number of nitrogens with zero attached hydrogens (tertiary/aromatic N) is 1. The van der Waals surface area contributed by atoms with Crippen LogP contribution in [0.15, 0.2) is 29.4 Å². The van der Waals surface area contributed by atoms with Crippen molar-refractivity contribution < 1.29 is 43.6 Å². The third-order valence-electron chi connectivity index (χ3n) is 2.27. The maximum atomic E-state index is 12.9. The van der Waals surface area contributed by atoms with Crippen molar-refractivity contribution in [3.8, 4) is 5.75 Å². The minimum atomic E-state index is -4.97. The number of rotatable bonds is 7. The SMILES string of the molecule is CS(=O)(=O)ON=C(c1ccc(OCCS(=O)(=O)O)cc1)C(F)(F)F. The van der Waals surface area contributed by atoms with E-state index in [1.165, 1.54) is 0 Å². The van der Waals surface area contributed by atoms with Gasteiger partial charge in [-0.15, -0.1) is 0 Å². The summed E-state index contributed by atoms with van der Waals surface area (Å²) in [5.74, 6) is -0.653. The summed E-state index contributed by atoms with van der Waals surface area (Å²) in [5, 5.41) is 2.61. The largest absolute Gasteiger partial charge is 0.492 e. The highest BCUT2D eigenvalue weighted by Crippen LogP contribution is 2.24. The van der Waals surface area contributed by atoms with Crippen molar-refractivity contribution in [2.24, 2.45) is 5.16 Å². The molecule has 0 heterocycles. The third kappa shape index (κ3) is 7.61. The van der Waals surface area contributed by atoms with E-state index in [9.17, 15) is 30.0 Å². The number of hydrogen-bond acceptors (Lipinski definition) is 7. The Morgan fingerprint density at radius 2 is 1.71 bits per heavy atom. The molecule has 0 atom stereocenters. The first-order chi connectivity index (χ1) is 10.8. The summed E-state index contributed by atoms with van der Waals surface area (Å²) in [6.07, 6.45) is -4.44. The van der Waals surface area contributed by atoms with Gasteiger partial charge in [0.2, 0.25) is 0 Å². The Bertz CT molecular complexity index is 799. The van der Waals surface area contributed by atoms with Crippen molar-refractivity contribution in [1.82, 2.24) is 0 Å². The van der Waals surface area contributed by atoms with Crippen molar-refractivity contribution >= 4 is 25.9 Å². The molecule has 0 saturated carbocycles. The summed E-state index contributed by atoms with van der Waals surface area (Å²) in [7, 11) is -8.44. The molecule has 0 aliphatic carbocycles. The van der Waals surface area contributed by atoms with Crippen LogP contribution in [0.25, 0.3) is 0 Å². The van der Waals surface area contributed by atoms with Gasteiger partial charge < -0.3 is 4.74 Å². The molecule has 1 aromatic rings. The van der Waals surface area contributed by atoms with Crippen molar-refractivity contribution in [3.05, 3.63) is 29.8 Å². The van der Waals surface area contributed by atoms with Crippen LogP contribution in [0.1, 0.15) is 5.56 Å². The van der Waals surface area contributed by atoms with Gasteiger partial charge in [0.25, 0.3) is 10.1 Å². The molecule has 1 rings (SSSR count). The Hall–Kier alpha value is -1.86. The van der Waals surface area contributed by atoms with Crippen molar-refractivity contribution in [3.63, 3.8) is 0 Å². The number of alkyl halides is 3. The lowest BCUT2D eigenvalue weighted by molar-refractivity contribution is -0.0596. The van der Waals surface area contributed by atoms with Crippen LogP contribution in [-0.2, 0) is 24.5 Å². The number of benzene rings is 1. The minimum absolute atomic E-state index is 0.0351.